The predicted octanol–water partition coefficient (Wildman–Crippen LogP) is 4.25. The summed E-state index contributed by atoms with van der Waals surface area (Å²) in [7, 11) is 1.57. The van der Waals surface area contributed by atoms with E-state index < -0.39 is 0 Å². The van der Waals surface area contributed by atoms with Gasteiger partial charge in [-0.1, -0.05) is 35.3 Å². The summed E-state index contributed by atoms with van der Waals surface area (Å²) < 4.78 is 6.92. The molecule has 0 bridgehead atoms. The lowest BCUT2D eigenvalue weighted by Crippen LogP contribution is -2.01. The third kappa shape index (κ3) is 2.73. The van der Waals surface area contributed by atoms with Crippen molar-refractivity contribution in [2.24, 2.45) is 0 Å². The lowest BCUT2D eigenvalue weighted by molar-refractivity contribution is 0.394. The zero-order chi connectivity index (χ0) is 14.8. The van der Waals surface area contributed by atoms with E-state index in [9.17, 15) is 0 Å². The van der Waals surface area contributed by atoms with Crippen molar-refractivity contribution >= 4 is 23.2 Å². The number of hydrogen-bond donors (Lipinski definition) is 0. The molecule has 0 radical (unpaired) electrons. The summed E-state index contributed by atoms with van der Waals surface area (Å²) in [5.74, 6) is 1.20. The van der Waals surface area contributed by atoms with Crippen LogP contribution < -0.4 is 4.74 Å². The van der Waals surface area contributed by atoms with Crippen LogP contribution in [0.5, 0.6) is 5.88 Å². The number of hydrogen-bond acceptors (Lipinski definition) is 3. The van der Waals surface area contributed by atoms with Gasteiger partial charge in [0.25, 0.3) is 0 Å². The van der Waals surface area contributed by atoms with Gasteiger partial charge < -0.3 is 4.74 Å². The highest BCUT2D eigenvalue weighted by Crippen LogP contribution is 2.31. The van der Waals surface area contributed by atoms with Crippen molar-refractivity contribution in [3.05, 3.63) is 58.7 Å². The third-order valence-corrected chi connectivity index (χ3v) is 3.72. The van der Waals surface area contributed by atoms with E-state index in [1.165, 1.54) is 0 Å². The lowest BCUT2D eigenvalue weighted by atomic mass is 10.1. The van der Waals surface area contributed by atoms with Crippen LogP contribution in [0.3, 0.4) is 0 Å². The van der Waals surface area contributed by atoms with Crippen molar-refractivity contribution in [2.45, 2.75) is 0 Å². The summed E-state index contributed by atoms with van der Waals surface area (Å²) in [6.07, 6.45) is 1.71. The van der Waals surface area contributed by atoms with Gasteiger partial charge in [-0.2, -0.15) is 0 Å². The molecule has 3 aromatic rings. The second kappa shape index (κ2) is 5.76. The molecule has 0 aliphatic heterocycles. The van der Waals surface area contributed by atoms with E-state index in [2.05, 4.69) is 10.1 Å². The second-order valence-corrected chi connectivity index (χ2v) is 5.11. The number of halogens is 2. The van der Waals surface area contributed by atoms with Crippen LogP contribution in [0.4, 0.5) is 0 Å². The van der Waals surface area contributed by atoms with Crippen molar-refractivity contribution in [1.29, 1.82) is 0 Å². The van der Waals surface area contributed by atoms with Gasteiger partial charge >= 0.3 is 0 Å². The van der Waals surface area contributed by atoms with Crippen LogP contribution in [0.2, 0.25) is 10.0 Å². The molecule has 4 nitrogen and oxygen atoms in total. The first-order valence-corrected chi connectivity index (χ1v) is 6.95. The van der Waals surface area contributed by atoms with E-state index in [0.717, 1.165) is 11.3 Å². The average molecular weight is 320 g/mol. The van der Waals surface area contributed by atoms with Gasteiger partial charge in [-0.15, -0.1) is 5.10 Å². The Morgan fingerprint density at radius 1 is 1.05 bits per heavy atom. The van der Waals surface area contributed by atoms with Gasteiger partial charge in [0, 0.05) is 17.8 Å². The van der Waals surface area contributed by atoms with Gasteiger partial charge in [-0.05, 0) is 24.3 Å². The molecule has 0 aliphatic carbocycles. The number of nitrogens with zero attached hydrogens (tertiary/aromatic N) is 3. The van der Waals surface area contributed by atoms with Crippen LogP contribution >= 0.6 is 23.2 Å². The summed E-state index contributed by atoms with van der Waals surface area (Å²) >= 11 is 12.1. The maximum atomic E-state index is 6.09. The largest absolute Gasteiger partial charge is 0.480 e. The fourth-order valence-corrected chi connectivity index (χ4v) is 2.27. The summed E-state index contributed by atoms with van der Waals surface area (Å²) in [6.45, 7) is 0. The van der Waals surface area contributed by atoms with E-state index in [1.54, 1.807) is 30.1 Å². The Labute approximate surface area is 131 Å². The number of pyridine rings is 1. The van der Waals surface area contributed by atoms with Gasteiger partial charge in [0.15, 0.2) is 5.82 Å². The predicted molar refractivity (Wildman–Crippen MR) is 83.4 cm³/mol. The molecule has 0 amide bonds. The number of ether oxygens (including phenoxy) is 1. The molecule has 0 saturated carbocycles. The van der Waals surface area contributed by atoms with E-state index in [-0.39, 0.29) is 0 Å². The summed E-state index contributed by atoms with van der Waals surface area (Å²) in [5.41, 5.74) is 1.70. The summed E-state index contributed by atoms with van der Waals surface area (Å²) in [6, 6.07) is 12.9. The molecular weight excluding hydrogens is 309 g/mol. The molecule has 0 unspecified atom stereocenters. The van der Waals surface area contributed by atoms with Crippen molar-refractivity contribution < 1.29 is 4.74 Å². The van der Waals surface area contributed by atoms with Crippen LogP contribution in [0.15, 0.2) is 48.7 Å². The fraction of sp³-hybridized carbons (Fsp3) is 0.0667. The molecule has 0 saturated heterocycles. The SMILES string of the molecule is COc1cc(-c2ccc(Cl)c(Cl)c2)n(-c2ccccn2)n1. The molecule has 0 N–H and O–H groups in total. The third-order valence-electron chi connectivity index (χ3n) is 2.98. The first-order valence-electron chi connectivity index (χ1n) is 6.20. The smallest absolute Gasteiger partial charge is 0.233 e. The summed E-state index contributed by atoms with van der Waals surface area (Å²) in [4.78, 5) is 4.31. The molecule has 0 spiro atoms. The quantitative estimate of drug-likeness (QED) is 0.724. The molecule has 0 fully saturated rings. The van der Waals surface area contributed by atoms with Gasteiger partial charge in [0.1, 0.15) is 0 Å². The first-order chi connectivity index (χ1) is 10.2. The second-order valence-electron chi connectivity index (χ2n) is 4.30. The van der Waals surface area contributed by atoms with Crippen molar-refractivity contribution in [1.82, 2.24) is 14.8 Å². The Balaban J connectivity index is 2.17. The topological polar surface area (TPSA) is 39.9 Å². The molecule has 0 aliphatic rings. The van der Waals surface area contributed by atoms with Crippen molar-refractivity contribution in [2.75, 3.05) is 7.11 Å². The summed E-state index contributed by atoms with van der Waals surface area (Å²) in [5, 5.41) is 5.38. The molecule has 2 aromatic heterocycles. The van der Waals surface area contributed by atoms with Crippen LogP contribution in [-0.2, 0) is 0 Å². The highest BCUT2D eigenvalue weighted by Gasteiger charge is 2.13. The molecule has 1 aromatic carbocycles. The Hall–Kier alpha value is -2.04. The average Bonchev–Trinajstić information content (AvgIpc) is 2.95. The van der Waals surface area contributed by atoms with E-state index in [1.807, 2.05) is 30.3 Å². The zero-order valence-corrected chi connectivity index (χ0v) is 12.6. The van der Waals surface area contributed by atoms with Gasteiger partial charge in [-0.3, -0.25) is 0 Å². The maximum absolute atomic E-state index is 6.09. The van der Waals surface area contributed by atoms with Crippen LogP contribution in [-0.4, -0.2) is 21.9 Å². The number of aromatic nitrogens is 3. The highest BCUT2D eigenvalue weighted by molar-refractivity contribution is 6.42. The molecule has 0 atom stereocenters. The normalized spacial score (nSPS) is 10.6. The fourth-order valence-electron chi connectivity index (χ4n) is 1.97. The number of methoxy groups -OCH3 is 1. The van der Waals surface area contributed by atoms with Crippen LogP contribution in [0.25, 0.3) is 17.1 Å². The first kappa shape index (κ1) is 13.9. The minimum atomic E-state index is 0.488. The zero-order valence-electron chi connectivity index (χ0n) is 11.1. The number of benzene rings is 1. The highest BCUT2D eigenvalue weighted by atomic mass is 35.5. The Morgan fingerprint density at radius 2 is 1.90 bits per heavy atom. The molecular formula is C15H11Cl2N3O. The number of rotatable bonds is 3. The minimum Gasteiger partial charge on any atom is -0.480 e. The maximum Gasteiger partial charge on any atom is 0.233 e. The Bertz CT molecular complexity index is 772. The van der Waals surface area contributed by atoms with Crippen LogP contribution in [0.1, 0.15) is 0 Å². The van der Waals surface area contributed by atoms with Gasteiger partial charge in [0.2, 0.25) is 5.88 Å². The molecule has 21 heavy (non-hydrogen) atoms. The molecule has 6 heteroatoms. The molecule has 106 valence electrons. The van der Waals surface area contributed by atoms with Gasteiger partial charge in [-0.25, -0.2) is 9.67 Å². The minimum absolute atomic E-state index is 0.488. The van der Waals surface area contributed by atoms with Crippen molar-refractivity contribution in [3.63, 3.8) is 0 Å². The molecule has 2 heterocycles. The Kier molecular flexibility index (Phi) is 3.82. The monoisotopic (exact) mass is 319 g/mol. The van der Waals surface area contributed by atoms with Crippen LogP contribution in [0, 0.1) is 0 Å². The van der Waals surface area contributed by atoms with E-state index in [0.29, 0.717) is 21.7 Å². The lowest BCUT2D eigenvalue weighted by Gasteiger charge is -2.07. The van der Waals surface area contributed by atoms with Crippen molar-refractivity contribution in [3.8, 4) is 23.0 Å². The van der Waals surface area contributed by atoms with E-state index in [4.69, 9.17) is 27.9 Å². The molecule has 3 rings (SSSR count). The Morgan fingerprint density at radius 3 is 2.57 bits per heavy atom. The standard InChI is InChI=1S/C15H11Cl2N3O/c1-21-15-9-13(10-5-6-11(16)12(17)8-10)20(19-15)14-4-2-3-7-18-14/h2-9H,1H3. The van der Waals surface area contributed by atoms with Gasteiger partial charge in [0.05, 0.1) is 22.8 Å². The van der Waals surface area contributed by atoms with E-state index >= 15 is 0 Å².